The number of hydrogen-bond acceptors (Lipinski definition) is 4. The molecular formula is C18H14B2O4. The maximum Gasteiger partial charge on any atom is 0.488 e. The minimum atomic E-state index is -1.52. The van der Waals surface area contributed by atoms with E-state index in [1.165, 1.54) is 0 Å². The van der Waals surface area contributed by atoms with Crippen LogP contribution < -0.4 is 10.9 Å². The van der Waals surface area contributed by atoms with Crippen LogP contribution >= 0.6 is 0 Å². The van der Waals surface area contributed by atoms with Gasteiger partial charge in [0.15, 0.2) is 0 Å². The van der Waals surface area contributed by atoms with Crippen LogP contribution in [-0.4, -0.2) is 34.3 Å². The van der Waals surface area contributed by atoms with E-state index in [1.807, 2.05) is 36.4 Å². The second kappa shape index (κ2) is 5.61. The second-order valence-electron chi connectivity index (χ2n) is 5.90. The van der Waals surface area contributed by atoms with Gasteiger partial charge >= 0.3 is 14.2 Å². The summed E-state index contributed by atoms with van der Waals surface area (Å²) in [5.74, 6) is 0. The first-order valence-corrected chi connectivity index (χ1v) is 7.66. The molecule has 6 heteroatoms. The van der Waals surface area contributed by atoms with E-state index in [4.69, 9.17) is 0 Å². The fourth-order valence-electron chi connectivity index (χ4n) is 3.31. The van der Waals surface area contributed by atoms with Crippen LogP contribution in [0.1, 0.15) is 0 Å². The van der Waals surface area contributed by atoms with Crippen molar-refractivity contribution >= 4 is 57.5 Å². The van der Waals surface area contributed by atoms with E-state index >= 15 is 0 Å². The number of benzene rings is 4. The Kier molecular flexibility index (Phi) is 3.55. The highest BCUT2D eigenvalue weighted by Gasteiger charge is 2.16. The summed E-state index contributed by atoms with van der Waals surface area (Å²) >= 11 is 0. The van der Waals surface area contributed by atoms with E-state index in [0.717, 1.165) is 32.3 Å². The van der Waals surface area contributed by atoms with Crippen molar-refractivity contribution in [1.82, 2.24) is 0 Å². The standard InChI is InChI=1S/C18H14B2O4/c21-19(22)11-5-7-15-16-8-6-12(20(23)24)10-18(16)14-4-2-1-3-13(14)17(15)9-11/h1-10,21-24H. The van der Waals surface area contributed by atoms with Gasteiger partial charge in [0.2, 0.25) is 0 Å². The first-order chi connectivity index (χ1) is 11.6. The van der Waals surface area contributed by atoms with Crippen LogP contribution in [0.5, 0.6) is 0 Å². The van der Waals surface area contributed by atoms with Crippen molar-refractivity contribution in [3.05, 3.63) is 60.7 Å². The van der Waals surface area contributed by atoms with Crippen LogP contribution in [0.2, 0.25) is 0 Å². The lowest BCUT2D eigenvalue weighted by atomic mass is 9.77. The minimum Gasteiger partial charge on any atom is -0.423 e. The molecule has 0 saturated carbocycles. The molecule has 0 unspecified atom stereocenters. The van der Waals surface area contributed by atoms with Crippen molar-refractivity contribution < 1.29 is 20.1 Å². The molecule has 0 fully saturated rings. The molecule has 4 aromatic rings. The number of rotatable bonds is 2. The highest BCUT2D eigenvalue weighted by atomic mass is 16.4. The Balaban J connectivity index is 2.21. The molecule has 0 aliphatic heterocycles. The highest BCUT2D eigenvalue weighted by molar-refractivity contribution is 6.59. The van der Waals surface area contributed by atoms with E-state index < -0.39 is 14.2 Å². The normalized spacial score (nSPS) is 11.3. The van der Waals surface area contributed by atoms with Gasteiger partial charge in [-0.1, -0.05) is 60.7 Å². The first-order valence-electron chi connectivity index (χ1n) is 7.66. The van der Waals surface area contributed by atoms with E-state index in [-0.39, 0.29) is 0 Å². The van der Waals surface area contributed by atoms with Crippen LogP contribution in [0, 0.1) is 0 Å². The van der Waals surface area contributed by atoms with E-state index in [2.05, 4.69) is 0 Å². The lowest BCUT2D eigenvalue weighted by molar-refractivity contribution is 0.424. The van der Waals surface area contributed by atoms with Crippen LogP contribution in [0.4, 0.5) is 0 Å². The average molecular weight is 316 g/mol. The third-order valence-corrected chi connectivity index (χ3v) is 4.48. The van der Waals surface area contributed by atoms with Gasteiger partial charge in [-0.3, -0.25) is 0 Å². The summed E-state index contributed by atoms with van der Waals surface area (Å²) in [6.07, 6.45) is 0. The Hall–Kier alpha value is -2.37. The van der Waals surface area contributed by atoms with Crippen molar-refractivity contribution in [2.24, 2.45) is 0 Å². The predicted octanol–water partition coefficient (Wildman–Crippen LogP) is 0.506. The van der Waals surface area contributed by atoms with Crippen LogP contribution in [0.3, 0.4) is 0 Å². The summed E-state index contributed by atoms with van der Waals surface area (Å²) < 4.78 is 0. The monoisotopic (exact) mass is 316 g/mol. The molecule has 24 heavy (non-hydrogen) atoms. The molecule has 4 rings (SSSR count). The van der Waals surface area contributed by atoms with E-state index in [0.29, 0.717) is 10.9 Å². The van der Waals surface area contributed by atoms with Gasteiger partial charge in [-0.05, 0) is 43.2 Å². The van der Waals surface area contributed by atoms with Gasteiger partial charge in [0.05, 0.1) is 0 Å². The summed E-state index contributed by atoms with van der Waals surface area (Å²) in [5, 5.41) is 43.6. The van der Waals surface area contributed by atoms with Gasteiger partial charge in [-0.25, -0.2) is 0 Å². The molecular weight excluding hydrogens is 302 g/mol. The lowest BCUT2D eigenvalue weighted by Gasteiger charge is -2.13. The van der Waals surface area contributed by atoms with Gasteiger partial charge in [0.25, 0.3) is 0 Å². The van der Waals surface area contributed by atoms with Gasteiger partial charge in [0.1, 0.15) is 0 Å². The zero-order valence-electron chi connectivity index (χ0n) is 12.7. The third-order valence-electron chi connectivity index (χ3n) is 4.48. The Bertz CT molecular complexity index is 970. The molecule has 0 saturated heterocycles. The van der Waals surface area contributed by atoms with Crippen molar-refractivity contribution in [1.29, 1.82) is 0 Å². The molecule has 0 radical (unpaired) electrons. The highest BCUT2D eigenvalue weighted by Crippen LogP contribution is 2.33. The molecule has 0 spiro atoms. The van der Waals surface area contributed by atoms with Gasteiger partial charge < -0.3 is 20.1 Å². The van der Waals surface area contributed by atoms with Crippen LogP contribution in [-0.2, 0) is 0 Å². The minimum absolute atomic E-state index is 0.439. The van der Waals surface area contributed by atoms with Gasteiger partial charge in [-0.2, -0.15) is 0 Å². The van der Waals surface area contributed by atoms with Crippen molar-refractivity contribution in [3.63, 3.8) is 0 Å². The molecule has 0 heterocycles. The molecule has 0 aromatic heterocycles. The Morgan fingerprint density at radius 2 is 0.833 bits per heavy atom. The maximum absolute atomic E-state index is 9.47. The SMILES string of the molecule is OB(O)c1ccc2c3ccc(B(O)O)cc3c3ccccc3c2c1. The Labute approximate surface area is 138 Å². The summed E-state index contributed by atoms with van der Waals surface area (Å²) in [6, 6.07) is 18.5. The fraction of sp³-hybridized carbons (Fsp3) is 0. The molecule has 0 atom stereocenters. The molecule has 4 N–H and O–H groups in total. The molecule has 0 aliphatic carbocycles. The topological polar surface area (TPSA) is 80.9 Å². The second-order valence-corrected chi connectivity index (χ2v) is 5.90. The van der Waals surface area contributed by atoms with Crippen LogP contribution in [0.25, 0.3) is 32.3 Å². The van der Waals surface area contributed by atoms with Crippen molar-refractivity contribution in [2.75, 3.05) is 0 Å². The van der Waals surface area contributed by atoms with E-state index in [1.54, 1.807) is 24.3 Å². The maximum atomic E-state index is 9.47. The zero-order chi connectivity index (χ0) is 16.8. The first kappa shape index (κ1) is 15.2. The number of hydrogen-bond donors (Lipinski definition) is 4. The largest absolute Gasteiger partial charge is 0.488 e. The van der Waals surface area contributed by atoms with Crippen molar-refractivity contribution in [3.8, 4) is 0 Å². The smallest absolute Gasteiger partial charge is 0.423 e. The molecule has 0 amide bonds. The summed E-state index contributed by atoms with van der Waals surface area (Å²) in [5.41, 5.74) is 0.879. The third kappa shape index (κ3) is 2.28. The van der Waals surface area contributed by atoms with Gasteiger partial charge in [0, 0.05) is 0 Å². The Morgan fingerprint density at radius 3 is 1.21 bits per heavy atom. The Morgan fingerprint density at radius 1 is 0.458 bits per heavy atom. The molecule has 116 valence electrons. The zero-order valence-corrected chi connectivity index (χ0v) is 12.7. The molecule has 0 bridgehead atoms. The summed E-state index contributed by atoms with van der Waals surface area (Å²) in [6.45, 7) is 0. The average Bonchev–Trinajstić information content (AvgIpc) is 2.61. The van der Waals surface area contributed by atoms with Crippen molar-refractivity contribution in [2.45, 2.75) is 0 Å². The summed E-state index contributed by atoms with van der Waals surface area (Å²) in [4.78, 5) is 0. The quantitative estimate of drug-likeness (QED) is 0.321. The fourth-order valence-corrected chi connectivity index (χ4v) is 3.31. The van der Waals surface area contributed by atoms with Gasteiger partial charge in [-0.15, -0.1) is 0 Å². The summed E-state index contributed by atoms with van der Waals surface area (Å²) in [7, 11) is -3.04. The predicted molar refractivity (Wildman–Crippen MR) is 98.6 cm³/mol. The molecule has 0 aliphatic rings. The lowest BCUT2D eigenvalue weighted by Crippen LogP contribution is -2.29. The van der Waals surface area contributed by atoms with E-state index in [9.17, 15) is 20.1 Å². The molecule has 4 nitrogen and oxygen atoms in total. The number of fused-ring (bicyclic) bond motifs is 6. The molecule has 4 aromatic carbocycles. The van der Waals surface area contributed by atoms with Crippen LogP contribution in [0.15, 0.2) is 60.7 Å².